The normalized spacial score (nSPS) is 15.0. The van der Waals surface area contributed by atoms with Crippen LogP contribution in [0.15, 0.2) is 46.1 Å². The van der Waals surface area contributed by atoms with E-state index in [1.54, 1.807) is 10.7 Å². The zero-order valence-corrected chi connectivity index (χ0v) is 15.6. The number of aromatic nitrogens is 2. The Kier molecular flexibility index (Phi) is 4.45. The van der Waals surface area contributed by atoms with E-state index < -0.39 is 38.0 Å². The topological polar surface area (TPSA) is 84.0 Å². The third-order valence-electron chi connectivity index (χ3n) is 4.71. The Morgan fingerprint density at radius 2 is 1.86 bits per heavy atom. The summed E-state index contributed by atoms with van der Waals surface area (Å²) in [6, 6.07) is 5.69. The molecular weight excluding hydrogens is 414 g/mol. The maximum absolute atomic E-state index is 13.4. The number of fused-ring (bicyclic) bond motifs is 1. The average Bonchev–Trinajstić information content (AvgIpc) is 3.38. The van der Waals surface area contributed by atoms with E-state index in [1.807, 2.05) is 0 Å². The van der Waals surface area contributed by atoms with Gasteiger partial charge in [0.15, 0.2) is 0 Å². The van der Waals surface area contributed by atoms with Crippen LogP contribution < -0.4 is 10.3 Å². The van der Waals surface area contributed by atoms with Gasteiger partial charge in [0.05, 0.1) is 21.4 Å². The molecule has 4 rings (SSSR count). The number of anilines is 1. The minimum Gasteiger partial charge on any atom is -0.284 e. The minimum atomic E-state index is -5.04. The second-order valence-corrected chi connectivity index (χ2v) is 8.65. The lowest BCUT2D eigenvalue weighted by atomic mass is 10.2. The number of alkyl halides is 3. The van der Waals surface area contributed by atoms with Crippen LogP contribution in [0.4, 0.5) is 23.2 Å². The highest BCUT2D eigenvalue weighted by Crippen LogP contribution is 2.33. The molecule has 29 heavy (non-hydrogen) atoms. The Labute approximate surface area is 162 Å². The van der Waals surface area contributed by atoms with E-state index in [2.05, 4.69) is 9.82 Å². The number of sulfonamides is 1. The van der Waals surface area contributed by atoms with E-state index in [0.29, 0.717) is 24.0 Å². The van der Waals surface area contributed by atoms with Crippen LogP contribution in [0.5, 0.6) is 0 Å². The lowest BCUT2D eigenvalue weighted by molar-refractivity contribution is -0.140. The van der Waals surface area contributed by atoms with Crippen LogP contribution in [-0.4, -0.2) is 18.2 Å². The van der Waals surface area contributed by atoms with Crippen LogP contribution in [0.1, 0.15) is 18.4 Å². The Hall–Kier alpha value is -2.82. The van der Waals surface area contributed by atoms with Crippen molar-refractivity contribution in [1.29, 1.82) is 0 Å². The predicted octanol–water partition coefficient (Wildman–Crippen LogP) is 3.70. The fourth-order valence-corrected chi connectivity index (χ4v) is 4.14. The summed E-state index contributed by atoms with van der Waals surface area (Å²) in [7, 11) is -4.43. The number of nitrogens with one attached hydrogen (secondary N) is 2. The summed E-state index contributed by atoms with van der Waals surface area (Å²) in [4.78, 5) is 11.4. The van der Waals surface area contributed by atoms with Crippen molar-refractivity contribution < 1.29 is 26.0 Å². The van der Waals surface area contributed by atoms with Crippen molar-refractivity contribution in [2.24, 2.45) is 5.92 Å². The van der Waals surface area contributed by atoms with Crippen LogP contribution >= 0.6 is 0 Å². The van der Waals surface area contributed by atoms with E-state index in [4.69, 9.17) is 0 Å². The number of hydrogen-bond acceptors (Lipinski definition) is 3. The number of halogens is 4. The molecule has 0 unspecified atom stereocenters. The summed E-state index contributed by atoms with van der Waals surface area (Å²) in [5, 5.41) is 2.94. The second-order valence-electron chi connectivity index (χ2n) is 6.97. The molecule has 0 spiro atoms. The molecule has 0 bridgehead atoms. The summed E-state index contributed by atoms with van der Waals surface area (Å²) in [5.74, 6) is -1.07. The van der Waals surface area contributed by atoms with Crippen molar-refractivity contribution in [1.82, 2.24) is 9.78 Å². The fourth-order valence-electron chi connectivity index (χ4n) is 3.07. The number of nitrogens with zero attached hydrogens (tertiary/aromatic N) is 1. The summed E-state index contributed by atoms with van der Waals surface area (Å²) in [5.41, 5.74) is -1.47. The van der Waals surface area contributed by atoms with Gasteiger partial charge in [0, 0.05) is 12.2 Å². The molecule has 0 amide bonds. The van der Waals surface area contributed by atoms with E-state index in [1.165, 1.54) is 12.1 Å². The first-order chi connectivity index (χ1) is 13.5. The Bertz CT molecular complexity index is 1260. The SMILES string of the molecule is O=c1[nH]n(CC2CC2)c2ccc(NS(=O)(=O)c3ccc(F)c(C(F)(F)F)c3)cc12. The zero-order chi connectivity index (χ0) is 21.0. The van der Waals surface area contributed by atoms with Crippen LogP contribution in [0, 0.1) is 11.7 Å². The Morgan fingerprint density at radius 3 is 2.52 bits per heavy atom. The Morgan fingerprint density at radius 1 is 1.14 bits per heavy atom. The molecule has 1 aromatic heterocycles. The number of hydrogen-bond donors (Lipinski definition) is 2. The molecule has 11 heteroatoms. The first-order valence-electron chi connectivity index (χ1n) is 8.67. The summed E-state index contributed by atoms with van der Waals surface area (Å²) in [6.45, 7) is 0.652. The smallest absolute Gasteiger partial charge is 0.284 e. The maximum atomic E-state index is 13.4. The van der Waals surface area contributed by atoms with Gasteiger partial charge in [-0.3, -0.25) is 19.3 Å². The van der Waals surface area contributed by atoms with Gasteiger partial charge >= 0.3 is 6.18 Å². The van der Waals surface area contributed by atoms with Gasteiger partial charge in [-0.2, -0.15) is 13.2 Å². The van der Waals surface area contributed by atoms with Crippen LogP contribution in [-0.2, 0) is 22.7 Å². The standard InChI is InChI=1S/C18H15F4N3O3S/c19-15-5-4-12(8-14(15)18(20,21)22)29(27,28)24-11-3-6-16-13(7-11)17(26)23-25(16)9-10-1-2-10/h3-8,10,24H,1-2,9H2,(H,23,26). The number of benzene rings is 2. The molecule has 0 atom stereocenters. The molecule has 2 aromatic carbocycles. The quantitative estimate of drug-likeness (QED) is 0.607. The van der Waals surface area contributed by atoms with Gasteiger partial charge in [-0.1, -0.05) is 0 Å². The van der Waals surface area contributed by atoms with Crippen LogP contribution in [0.2, 0.25) is 0 Å². The molecule has 3 aromatic rings. The van der Waals surface area contributed by atoms with Gasteiger partial charge < -0.3 is 0 Å². The molecule has 0 radical (unpaired) electrons. The molecule has 1 heterocycles. The first kappa shape index (κ1) is 19.5. The molecule has 2 N–H and O–H groups in total. The van der Waals surface area contributed by atoms with Crippen molar-refractivity contribution in [3.8, 4) is 0 Å². The summed E-state index contributed by atoms with van der Waals surface area (Å²) < 4.78 is 80.8. The molecule has 6 nitrogen and oxygen atoms in total. The fraction of sp³-hybridized carbons (Fsp3) is 0.278. The molecule has 1 aliphatic carbocycles. The predicted molar refractivity (Wildman–Crippen MR) is 97.5 cm³/mol. The van der Waals surface area contributed by atoms with Crippen LogP contribution in [0.25, 0.3) is 10.9 Å². The van der Waals surface area contributed by atoms with Gasteiger partial charge in [-0.25, -0.2) is 12.8 Å². The van der Waals surface area contributed by atoms with E-state index in [0.717, 1.165) is 18.9 Å². The van der Waals surface area contributed by atoms with Crippen LogP contribution in [0.3, 0.4) is 0 Å². The summed E-state index contributed by atoms with van der Waals surface area (Å²) >= 11 is 0. The van der Waals surface area contributed by atoms with E-state index in [9.17, 15) is 30.8 Å². The third kappa shape index (κ3) is 3.86. The van der Waals surface area contributed by atoms with Gasteiger partial charge in [0.25, 0.3) is 15.6 Å². The van der Waals surface area contributed by atoms with Crippen molar-refractivity contribution in [2.45, 2.75) is 30.5 Å². The summed E-state index contributed by atoms with van der Waals surface area (Å²) in [6.07, 6.45) is -2.87. The first-order valence-corrected chi connectivity index (χ1v) is 10.1. The largest absolute Gasteiger partial charge is 0.419 e. The van der Waals surface area contributed by atoms with Crippen molar-refractivity contribution in [3.05, 3.63) is 58.1 Å². The van der Waals surface area contributed by atoms with E-state index in [-0.39, 0.29) is 17.1 Å². The van der Waals surface area contributed by atoms with Gasteiger partial charge in [-0.05, 0) is 55.2 Å². The average molecular weight is 429 g/mol. The third-order valence-corrected chi connectivity index (χ3v) is 6.09. The molecule has 1 aliphatic rings. The van der Waals surface area contributed by atoms with Crippen molar-refractivity contribution >= 4 is 26.6 Å². The number of rotatable bonds is 5. The highest BCUT2D eigenvalue weighted by molar-refractivity contribution is 7.92. The molecule has 154 valence electrons. The van der Waals surface area contributed by atoms with Gasteiger partial charge in [0.2, 0.25) is 0 Å². The highest BCUT2D eigenvalue weighted by atomic mass is 32.2. The van der Waals surface area contributed by atoms with Crippen molar-refractivity contribution in [3.63, 3.8) is 0 Å². The number of H-pyrrole nitrogens is 1. The monoisotopic (exact) mass is 429 g/mol. The van der Waals surface area contributed by atoms with Gasteiger partial charge in [0.1, 0.15) is 5.82 Å². The molecule has 0 aliphatic heterocycles. The Balaban J connectivity index is 1.67. The number of aromatic amines is 1. The second kappa shape index (κ2) is 6.61. The lowest BCUT2D eigenvalue weighted by Crippen LogP contribution is -2.16. The van der Waals surface area contributed by atoms with Crippen molar-refractivity contribution in [2.75, 3.05) is 4.72 Å². The molecule has 1 fully saturated rings. The molecule has 1 saturated carbocycles. The lowest BCUT2D eigenvalue weighted by Gasteiger charge is -2.12. The minimum absolute atomic E-state index is 0.00468. The van der Waals surface area contributed by atoms with Gasteiger partial charge in [-0.15, -0.1) is 0 Å². The highest BCUT2D eigenvalue weighted by Gasteiger charge is 2.35. The molecule has 0 saturated heterocycles. The zero-order valence-electron chi connectivity index (χ0n) is 14.8. The molecular formula is C18H15F4N3O3S. The van der Waals surface area contributed by atoms with E-state index >= 15 is 0 Å². The maximum Gasteiger partial charge on any atom is 0.419 e.